The molecular formula is C64H82N4O8. The van der Waals surface area contributed by atoms with Gasteiger partial charge in [0.2, 0.25) is 0 Å². The van der Waals surface area contributed by atoms with Gasteiger partial charge in [0.25, 0.3) is 0 Å². The standard InChI is InChI=1S/C64H82N4O8/c69-57-29-9-5-1-2-6-10-30-58(70)74-54-26-18-14-22-42(54)62-46-34-33-45(65-46)61(41-21-13-17-25-53(41)73-57)49-37-38-51(67-49)63-43-23-15-19-27-55(43)75-59(71)31-11-7-3-4-8-12-32-60(72)76-56-28-20-16-24-44(56)64(48-36-35-47(63)66-48)52-40-39-50(62)68-52/h33-44,53-56,65,67H,1-32H2/t41-,42-,43-,44-,53-,54-,55-,56-/m0/s1. The molecule has 0 unspecified atom stereocenters. The number of ether oxygens (including phenoxy) is 4. The molecule has 4 fully saturated rings. The number of hydrogen-bond acceptors (Lipinski definition) is 10. The fraction of sp³-hybridized carbons (Fsp3) is 0.625. The molecule has 7 heterocycles. The Labute approximate surface area is 449 Å². The minimum Gasteiger partial charge on any atom is -0.462 e. The van der Waals surface area contributed by atoms with E-state index in [2.05, 4.69) is 58.5 Å². The van der Waals surface area contributed by atoms with Crippen LogP contribution < -0.4 is 0 Å². The number of nitrogens with zero attached hydrogens (tertiary/aromatic N) is 2. The largest absolute Gasteiger partial charge is 0.462 e. The van der Waals surface area contributed by atoms with E-state index in [-0.39, 0.29) is 72.0 Å². The van der Waals surface area contributed by atoms with E-state index in [9.17, 15) is 19.2 Å². The Kier molecular flexibility index (Phi) is 17.2. The van der Waals surface area contributed by atoms with E-state index in [1.165, 1.54) is 0 Å². The highest BCUT2D eigenvalue weighted by atomic mass is 16.6. The van der Waals surface area contributed by atoms with E-state index in [0.717, 1.165) is 247 Å². The summed E-state index contributed by atoms with van der Waals surface area (Å²) < 4.78 is 26.3. The van der Waals surface area contributed by atoms with Crippen LogP contribution in [0.2, 0.25) is 0 Å². The van der Waals surface area contributed by atoms with Crippen molar-refractivity contribution >= 4 is 70.2 Å². The van der Waals surface area contributed by atoms with Gasteiger partial charge in [-0.2, -0.15) is 0 Å². The first-order valence-corrected chi connectivity index (χ1v) is 30.3. The molecule has 0 saturated heterocycles. The Morgan fingerprint density at radius 1 is 0.303 bits per heavy atom. The highest BCUT2D eigenvalue weighted by molar-refractivity contribution is 5.85. The molecule has 12 heteroatoms. The molecule has 3 aromatic rings. The normalized spacial score (nSPS) is 28.8. The van der Waals surface area contributed by atoms with Crippen LogP contribution >= 0.6 is 0 Å². The Bertz CT molecular complexity index is 2780. The Morgan fingerprint density at radius 3 is 0.882 bits per heavy atom. The molecule has 4 aliphatic carbocycles. The van der Waals surface area contributed by atoms with Gasteiger partial charge in [0.05, 0.1) is 22.8 Å². The summed E-state index contributed by atoms with van der Waals surface area (Å²) in [6, 6.07) is 8.77. The predicted octanol–water partition coefficient (Wildman–Crippen LogP) is 15.2. The van der Waals surface area contributed by atoms with Crippen LogP contribution in [0.1, 0.15) is 274 Å². The van der Waals surface area contributed by atoms with Crippen LogP contribution in [-0.4, -0.2) is 68.2 Å². The quantitative estimate of drug-likeness (QED) is 0.113. The average molecular weight is 1040 g/mol. The molecule has 12 nitrogen and oxygen atoms in total. The van der Waals surface area contributed by atoms with Crippen LogP contribution in [0.3, 0.4) is 0 Å². The SMILES string of the molecule is O=C1CCCCCCCCC(=O)O[C@H]2CCCC[C@@H]2c2c3nc(c(c4nc(c5c6ccc([nH]6)c(c6ccc2[nH]6)[C@H]2CCCC[C@@H]2OC(=O)CCCCCCCCC(=O)O[C@H]2CCCC[C@H]52)C=C4)[C@H]2CCCC[C@@H]2O1)C=C3. The highest BCUT2D eigenvalue weighted by Gasteiger charge is 2.39. The van der Waals surface area contributed by atoms with Crippen molar-refractivity contribution in [2.24, 2.45) is 0 Å². The molecule has 0 radical (unpaired) electrons. The number of hydrogen-bond donors (Lipinski definition) is 2. The van der Waals surface area contributed by atoms with Crippen LogP contribution in [0.4, 0.5) is 0 Å². The van der Waals surface area contributed by atoms with Gasteiger partial charge in [-0.1, -0.05) is 77.0 Å². The zero-order valence-corrected chi connectivity index (χ0v) is 45.0. The molecule has 8 aliphatic rings. The van der Waals surface area contributed by atoms with Gasteiger partial charge >= 0.3 is 23.9 Å². The minimum atomic E-state index is -0.320. The van der Waals surface area contributed by atoms with E-state index in [0.29, 0.717) is 25.7 Å². The number of aromatic nitrogens is 4. The number of esters is 4. The summed E-state index contributed by atoms with van der Waals surface area (Å²) in [6.45, 7) is 0. The average Bonchev–Trinajstić information content (AvgIpc) is 4.29. The van der Waals surface area contributed by atoms with Gasteiger partial charge in [-0.05, 0) is 151 Å². The van der Waals surface area contributed by atoms with Gasteiger partial charge in [0.15, 0.2) is 0 Å². The first-order valence-electron chi connectivity index (χ1n) is 30.3. The molecule has 4 aliphatic heterocycles. The summed E-state index contributed by atoms with van der Waals surface area (Å²) in [5.41, 5.74) is 11.2. The highest BCUT2D eigenvalue weighted by Crippen LogP contribution is 2.46. The summed E-state index contributed by atoms with van der Waals surface area (Å²) in [5.74, 6) is -0.992. The van der Waals surface area contributed by atoms with Crippen LogP contribution in [-0.2, 0) is 38.1 Å². The Hall–Kier alpha value is -5.52. The van der Waals surface area contributed by atoms with Crippen LogP contribution in [0.15, 0.2) is 24.3 Å². The van der Waals surface area contributed by atoms with E-state index >= 15 is 0 Å². The van der Waals surface area contributed by atoms with Crippen molar-refractivity contribution in [3.8, 4) is 0 Å². The number of aromatic amines is 2. The second-order valence-electron chi connectivity index (χ2n) is 23.6. The van der Waals surface area contributed by atoms with Gasteiger partial charge in [-0.25, -0.2) is 9.97 Å². The fourth-order valence-electron chi connectivity index (χ4n) is 14.5. The lowest BCUT2D eigenvalue weighted by atomic mass is 9.80. The maximum atomic E-state index is 13.8. The second kappa shape index (κ2) is 24.9. The number of rotatable bonds is 0. The number of carbonyl (C=O) groups excluding carboxylic acids is 4. The molecule has 0 spiro atoms. The molecule has 11 rings (SSSR count). The second-order valence-corrected chi connectivity index (χ2v) is 23.6. The summed E-state index contributed by atoms with van der Waals surface area (Å²) in [7, 11) is 0. The fourth-order valence-corrected chi connectivity index (χ4v) is 14.5. The first kappa shape index (κ1) is 52.5. The lowest BCUT2D eigenvalue weighted by molar-refractivity contribution is -0.152. The van der Waals surface area contributed by atoms with Crippen molar-refractivity contribution in [3.63, 3.8) is 0 Å². The number of nitrogens with one attached hydrogen (secondary N) is 2. The molecule has 0 amide bonds. The summed E-state index contributed by atoms with van der Waals surface area (Å²) in [6.07, 6.45) is 34.4. The Balaban J connectivity index is 1.18. The van der Waals surface area contributed by atoms with E-state index in [1.54, 1.807) is 0 Å². The number of carbonyl (C=O) groups is 4. The zero-order chi connectivity index (χ0) is 51.8. The Morgan fingerprint density at radius 2 is 0.553 bits per heavy atom. The first-order chi connectivity index (χ1) is 37.3. The zero-order valence-electron chi connectivity index (χ0n) is 45.0. The summed E-state index contributed by atoms with van der Waals surface area (Å²) in [5, 5.41) is 0. The minimum absolute atomic E-state index is 0.0889. The predicted molar refractivity (Wildman–Crippen MR) is 297 cm³/mol. The van der Waals surface area contributed by atoms with Crippen LogP contribution in [0, 0.1) is 0 Å². The lowest BCUT2D eigenvalue weighted by Gasteiger charge is -2.33. The van der Waals surface area contributed by atoms with Gasteiger partial charge in [0, 0.05) is 93.7 Å². The van der Waals surface area contributed by atoms with Gasteiger partial charge in [0.1, 0.15) is 24.4 Å². The lowest BCUT2D eigenvalue weighted by Crippen LogP contribution is -2.30. The molecular weight excluding hydrogens is 953 g/mol. The maximum Gasteiger partial charge on any atom is 0.306 e. The third-order valence-electron chi connectivity index (χ3n) is 18.4. The summed E-state index contributed by atoms with van der Waals surface area (Å²) in [4.78, 5) is 74.6. The topological polar surface area (TPSA) is 163 Å². The van der Waals surface area contributed by atoms with Crippen molar-refractivity contribution in [2.75, 3.05) is 0 Å². The number of fused-ring (bicyclic) bond motifs is 16. The molecule has 8 atom stereocenters. The molecule has 3 aromatic heterocycles. The third kappa shape index (κ3) is 12.1. The van der Waals surface area contributed by atoms with Crippen molar-refractivity contribution in [1.82, 2.24) is 19.9 Å². The molecule has 2 N–H and O–H groups in total. The molecule has 4 saturated carbocycles. The maximum absolute atomic E-state index is 13.8. The van der Waals surface area contributed by atoms with Crippen molar-refractivity contribution in [3.05, 3.63) is 69.3 Å². The van der Waals surface area contributed by atoms with E-state index in [4.69, 9.17) is 28.9 Å². The van der Waals surface area contributed by atoms with Gasteiger partial charge in [-0.3, -0.25) is 19.2 Å². The molecule has 76 heavy (non-hydrogen) atoms. The molecule has 0 aromatic carbocycles. The smallest absolute Gasteiger partial charge is 0.306 e. The van der Waals surface area contributed by atoms with Crippen molar-refractivity contribution < 1.29 is 38.1 Å². The van der Waals surface area contributed by atoms with Crippen molar-refractivity contribution in [1.29, 1.82) is 0 Å². The van der Waals surface area contributed by atoms with Gasteiger partial charge in [-0.15, -0.1) is 0 Å². The number of H-pyrrole nitrogens is 2. The van der Waals surface area contributed by atoms with E-state index < -0.39 is 0 Å². The summed E-state index contributed by atoms with van der Waals surface area (Å²) >= 11 is 0. The molecule has 406 valence electrons. The monoisotopic (exact) mass is 1030 g/mol. The van der Waals surface area contributed by atoms with Crippen molar-refractivity contribution in [2.45, 2.75) is 254 Å². The van der Waals surface area contributed by atoms with Gasteiger partial charge < -0.3 is 28.9 Å². The molecule has 12 bridgehead atoms. The third-order valence-corrected chi connectivity index (χ3v) is 18.4. The van der Waals surface area contributed by atoms with E-state index in [1.807, 2.05) is 0 Å². The van der Waals surface area contributed by atoms with Crippen LogP contribution in [0.5, 0.6) is 0 Å². The van der Waals surface area contributed by atoms with Crippen LogP contribution in [0.25, 0.3) is 46.4 Å².